The number of pyridine rings is 1. The predicted octanol–water partition coefficient (Wildman–Crippen LogP) is 3.95. The highest BCUT2D eigenvalue weighted by Gasteiger charge is 2.25. The monoisotopic (exact) mass is 434 g/mol. The Hall–Kier alpha value is -2.42. The summed E-state index contributed by atoms with van der Waals surface area (Å²) in [4.78, 5) is 20.6. The highest BCUT2D eigenvalue weighted by Crippen LogP contribution is 2.32. The van der Waals surface area contributed by atoms with Gasteiger partial charge in [0, 0.05) is 32.4 Å². The lowest BCUT2D eigenvalue weighted by Gasteiger charge is -2.35. The molecule has 1 aliphatic heterocycles. The second-order valence-corrected chi connectivity index (χ2v) is 8.45. The quantitative estimate of drug-likeness (QED) is 0.669. The third-order valence-corrected chi connectivity index (χ3v) is 5.85. The third kappa shape index (κ3) is 4.19. The Bertz CT molecular complexity index is 958. The summed E-state index contributed by atoms with van der Waals surface area (Å²) in [5.74, 6) is 1.34. The van der Waals surface area contributed by atoms with Crippen LogP contribution in [0.15, 0.2) is 42.7 Å². The number of nitrogens with one attached hydrogen (secondary N) is 1. The molecule has 1 fully saturated rings. The highest BCUT2D eigenvalue weighted by molar-refractivity contribution is 7.20. The molecule has 3 aromatic heterocycles. The van der Waals surface area contributed by atoms with Gasteiger partial charge in [-0.3, -0.25) is 9.78 Å². The molecule has 28 heavy (non-hydrogen) atoms. The Labute approximate surface area is 175 Å². The van der Waals surface area contributed by atoms with Crippen LogP contribution in [-0.4, -0.2) is 52.2 Å². The van der Waals surface area contributed by atoms with E-state index in [-0.39, 0.29) is 5.91 Å². The number of nitrogens with zero attached hydrogens (tertiary/aromatic N) is 5. The number of hydrogen-bond acceptors (Lipinski definition) is 7. The summed E-state index contributed by atoms with van der Waals surface area (Å²) < 4.78 is 0.947. The Morgan fingerprint density at radius 3 is 2.54 bits per heavy atom. The van der Waals surface area contributed by atoms with Crippen LogP contribution in [0.5, 0.6) is 0 Å². The number of hydrogen-bond donors (Lipinski definition) is 1. The van der Waals surface area contributed by atoms with Crippen molar-refractivity contribution in [2.75, 3.05) is 36.4 Å². The van der Waals surface area contributed by atoms with E-state index in [0.717, 1.165) is 11.5 Å². The zero-order valence-corrected chi connectivity index (χ0v) is 17.0. The van der Waals surface area contributed by atoms with Crippen LogP contribution in [0.3, 0.4) is 0 Å². The van der Waals surface area contributed by atoms with E-state index in [1.54, 1.807) is 23.4 Å². The van der Waals surface area contributed by atoms with Crippen molar-refractivity contribution in [3.05, 3.63) is 57.0 Å². The molecule has 1 N–H and O–H groups in total. The van der Waals surface area contributed by atoms with E-state index in [4.69, 9.17) is 23.2 Å². The fourth-order valence-corrected chi connectivity index (χ4v) is 4.39. The van der Waals surface area contributed by atoms with Crippen molar-refractivity contribution in [1.29, 1.82) is 0 Å². The molecule has 144 valence electrons. The van der Waals surface area contributed by atoms with Crippen molar-refractivity contribution in [3.63, 3.8) is 0 Å². The van der Waals surface area contributed by atoms with Crippen molar-refractivity contribution in [2.45, 2.75) is 0 Å². The van der Waals surface area contributed by atoms with Crippen molar-refractivity contribution < 1.29 is 4.79 Å². The maximum atomic E-state index is 12.6. The summed E-state index contributed by atoms with van der Waals surface area (Å²) >= 11 is 13.3. The van der Waals surface area contributed by atoms with Gasteiger partial charge >= 0.3 is 0 Å². The molecule has 1 amide bonds. The summed E-state index contributed by atoms with van der Waals surface area (Å²) in [5, 5.41) is 11.7. The Balaban J connectivity index is 1.36. The molecule has 0 aliphatic carbocycles. The van der Waals surface area contributed by atoms with E-state index in [9.17, 15) is 4.79 Å². The molecular formula is C18H16Cl2N6OS. The maximum Gasteiger partial charge on any atom is 0.256 e. The second-order valence-electron chi connectivity index (χ2n) is 6.16. The lowest BCUT2D eigenvalue weighted by atomic mass is 10.2. The summed E-state index contributed by atoms with van der Waals surface area (Å²) in [5.41, 5.74) is 1.32. The zero-order valence-electron chi connectivity index (χ0n) is 14.7. The molecule has 4 heterocycles. The fourth-order valence-electron chi connectivity index (χ4n) is 2.94. The van der Waals surface area contributed by atoms with Gasteiger partial charge in [-0.25, -0.2) is 0 Å². The number of carbonyl (C=O) groups is 1. The van der Waals surface area contributed by atoms with Gasteiger partial charge < -0.3 is 15.1 Å². The Morgan fingerprint density at radius 1 is 1.11 bits per heavy atom. The van der Waals surface area contributed by atoms with Gasteiger partial charge in [0.2, 0.25) is 0 Å². The van der Waals surface area contributed by atoms with E-state index >= 15 is 0 Å². The van der Waals surface area contributed by atoms with Crippen LogP contribution >= 0.6 is 34.5 Å². The van der Waals surface area contributed by atoms with E-state index in [1.165, 1.54) is 11.3 Å². The molecular weight excluding hydrogens is 419 g/mol. The second kappa shape index (κ2) is 8.30. The first-order valence-corrected chi connectivity index (χ1v) is 10.2. The van der Waals surface area contributed by atoms with Crippen LogP contribution < -0.4 is 10.2 Å². The van der Waals surface area contributed by atoms with Gasteiger partial charge in [0.25, 0.3) is 5.91 Å². The van der Waals surface area contributed by atoms with Crippen LogP contribution in [0, 0.1) is 0 Å². The smallest absolute Gasteiger partial charge is 0.256 e. The molecule has 0 spiro atoms. The number of carbonyl (C=O) groups excluding carboxylic acids is 1. The molecule has 4 rings (SSSR count). The summed E-state index contributed by atoms with van der Waals surface area (Å²) in [7, 11) is 0. The van der Waals surface area contributed by atoms with E-state index < -0.39 is 0 Å². The molecule has 3 aromatic rings. The summed E-state index contributed by atoms with van der Waals surface area (Å²) in [6, 6.07) is 9.18. The van der Waals surface area contributed by atoms with Gasteiger partial charge in [0.05, 0.1) is 21.8 Å². The molecule has 0 radical (unpaired) electrons. The largest absolute Gasteiger partial charge is 0.352 e. The first kappa shape index (κ1) is 18.9. The number of amides is 1. The SMILES string of the molecule is O=C(c1cc(Cl)sc1Cl)N1CCN(c2ccc(Nc3cccnc3)nn2)CC1. The maximum absolute atomic E-state index is 12.6. The minimum atomic E-state index is -0.0881. The third-order valence-electron chi connectivity index (χ3n) is 4.36. The average Bonchev–Trinajstić information content (AvgIpc) is 3.07. The van der Waals surface area contributed by atoms with Gasteiger partial charge in [-0.1, -0.05) is 23.2 Å². The number of piperazine rings is 1. The van der Waals surface area contributed by atoms with Crippen LogP contribution in [0.25, 0.3) is 0 Å². The van der Waals surface area contributed by atoms with Gasteiger partial charge in [-0.2, -0.15) is 0 Å². The zero-order chi connectivity index (χ0) is 19.5. The molecule has 1 aliphatic rings. The Morgan fingerprint density at radius 2 is 1.93 bits per heavy atom. The summed E-state index contributed by atoms with van der Waals surface area (Å²) in [6.07, 6.45) is 3.43. The molecule has 1 saturated heterocycles. The van der Waals surface area contributed by atoms with E-state index in [0.29, 0.717) is 46.2 Å². The van der Waals surface area contributed by atoms with Crippen molar-refractivity contribution in [2.24, 2.45) is 0 Å². The molecule has 10 heteroatoms. The molecule has 0 aromatic carbocycles. The minimum Gasteiger partial charge on any atom is -0.352 e. The van der Waals surface area contributed by atoms with Gasteiger partial charge in [-0.15, -0.1) is 21.5 Å². The van der Waals surface area contributed by atoms with Crippen LogP contribution in [0.1, 0.15) is 10.4 Å². The topological polar surface area (TPSA) is 74.2 Å². The molecule has 0 unspecified atom stereocenters. The first-order valence-electron chi connectivity index (χ1n) is 8.60. The minimum absolute atomic E-state index is 0.0881. The van der Waals surface area contributed by atoms with Crippen molar-refractivity contribution in [1.82, 2.24) is 20.1 Å². The van der Waals surface area contributed by atoms with E-state index in [1.807, 2.05) is 24.3 Å². The van der Waals surface area contributed by atoms with Crippen LogP contribution in [0.4, 0.5) is 17.3 Å². The number of aromatic nitrogens is 3. The highest BCUT2D eigenvalue weighted by atomic mass is 35.5. The van der Waals surface area contributed by atoms with Gasteiger partial charge in [0.1, 0.15) is 4.34 Å². The standard InChI is InChI=1S/C18H16Cl2N6OS/c19-14-10-13(17(20)28-14)18(27)26-8-6-25(7-9-26)16-4-3-15(23-24-16)22-12-2-1-5-21-11-12/h1-5,10-11H,6-9H2,(H,22,23). The van der Waals surface area contributed by atoms with Crippen molar-refractivity contribution in [3.8, 4) is 0 Å². The lowest BCUT2D eigenvalue weighted by molar-refractivity contribution is 0.0747. The molecule has 0 bridgehead atoms. The normalized spacial score (nSPS) is 14.2. The Kier molecular flexibility index (Phi) is 5.61. The summed E-state index contributed by atoms with van der Waals surface area (Å²) in [6.45, 7) is 2.51. The number of halogens is 2. The molecule has 0 atom stereocenters. The van der Waals surface area contributed by atoms with Crippen molar-refractivity contribution >= 4 is 57.8 Å². The van der Waals surface area contributed by atoms with Crippen LogP contribution in [-0.2, 0) is 0 Å². The first-order chi connectivity index (χ1) is 13.6. The van der Waals surface area contributed by atoms with Crippen LogP contribution in [0.2, 0.25) is 8.67 Å². The molecule has 0 saturated carbocycles. The fraction of sp³-hybridized carbons (Fsp3) is 0.222. The average molecular weight is 435 g/mol. The molecule has 7 nitrogen and oxygen atoms in total. The predicted molar refractivity (Wildman–Crippen MR) is 112 cm³/mol. The lowest BCUT2D eigenvalue weighted by Crippen LogP contribution is -2.49. The van der Waals surface area contributed by atoms with E-state index in [2.05, 4.69) is 25.4 Å². The van der Waals surface area contributed by atoms with Gasteiger partial charge in [0.15, 0.2) is 11.6 Å². The number of anilines is 3. The van der Waals surface area contributed by atoms with Gasteiger partial charge in [-0.05, 0) is 30.3 Å². The number of rotatable bonds is 4. The number of thiophene rings is 1.